The van der Waals surface area contributed by atoms with Gasteiger partial charge in [0, 0.05) is 37.9 Å². The van der Waals surface area contributed by atoms with Gasteiger partial charge in [-0.25, -0.2) is 4.98 Å². The van der Waals surface area contributed by atoms with Crippen LogP contribution in [0.4, 0.5) is 13.2 Å². The largest absolute Gasteiger partial charge is 0.406 e. The highest BCUT2D eigenvalue weighted by molar-refractivity contribution is 5.85. The summed E-state index contributed by atoms with van der Waals surface area (Å²) in [6.45, 7) is 1.05. The van der Waals surface area contributed by atoms with E-state index in [1.54, 1.807) is 0 Å². The fourth-order valence-electron chi connectivity index (χ4n) is 2.14. The lowest BCUT2D eigenvalue weighted by molar-refractivity contribution is -0.141. The van der Waals surface area contributed by atoms with E-state index in [1.165, 1.54) is 12.4 Å². The molecule has 1 aliphatic heterocycles. The maximum absolute atomic E-state index is 12.3. The third-order valence-electron chi connectivity index (χ3n) is 3.15. The van der Waals surface area contributed by atoms with Gasteiger partial charge < -0.3 is 20.3 Å². The van der Waals surface area contributed by atoms with Gasteiger partial charge in [0.2, 0.25) is 0 Å². The van der Waals surface area contributed by atoms with E-state index < -0.39 is 18.8 Å². The predicted molar refractivity (Wildman–Crippen MR) is 69.6 cm³/mol. The van der Waals surface area contributed by atoms with Crippen LogP contribution >= 0.6 is 12.4 Å². The zero-order chi connectivity index (χ0) is 13.9. The lowest BCUT2D eigenvalue weighted by Gasteiger charge is -2.15. The first kappa shape index (κ1) is 17.2. The summed E-state index contributed by atoms with van der Waals surface area (Å²) >= 11 is 0. The van der Waals surface area contributed by atoms with Crippen LogP contribution in [0.3, 0.4) is 0 Å². The molecule has 1 saturated heterocycles. The Balaban J connectivity index is 0.00000200. The SMILES string of the molecule is Cl.OC1CNCC1CNCc1nccn1CC(F)(F)F. The fourth-order valence-corrected chi connectivity index (χ4v) is 2.14. The second-order valence-corrected chi connectivity index (χ2v) is 4.70. The topological polar surface area (TPSA) is 62.1 Å². The molecule has 1 aliphatic rings. The number of rotatable bonds is 5. The zero-order valence-corrected chi connectivity index (χ0v) is 11.5. The van der Waals surface area contributed by atoms with Gasteiger partial charge in [0.25, 0.3) is 0 Å². The lowest BCUT2D eigenvalue weighted by atomic mass is 10.1. The summed E-state index contributed by atoms with van der Waals surface area (Å²) < 4.78 is 38.0. The van der Waals surface area contributed by atoms with Crippen molar-refractivity contribution in [3.63, 3.8) is 0 Å². The van der Waals surface area contributed by atoms with Gasteiger partial charge in [-0.15, -0.1) is 12.4 Å². The van der Waals surface area contributed by atoms with Gasteiger partial charge in [0.15, 0.2) is 0 Å². The molecular weight excluding hydrogens is 297 g/mol. The number of aromatic nitrogens is 2. The van der Waals surface area contributed by atoms with Crippen molar-refractivity contribution in [2.24, 2.45) is 5.92 Å². The Labute approximate surface area is 121 Å². The molecule has 0 saturated carbocycles. The van der Waals surface area contributed by atoms with E-state index in [0.29, 0.717) is 25.5 Å². The number of alkyl halides is 3. The first-order valence-corrected chi connectivity index (χ1v) is 6.12. The highest BCUT2D eigenvalue weighted by Gasteiger charge is 2.29. The summed E-state index contributed by atoms with van der Waals surface area (Å²) in [7, 11) is 0. The highest BCUT2D eigenvalue weighted by Crippen LogP contribution is 2.18. The minimum absolute atomic E-state index is 0. The maximum Gasteiger partial charge on any atom is 0.406 e. The quantitative estimate of drug-likeness (QED) is 0.742. The monoisotopic (exact) mass is 314 g/mol. The summed E-state index contributed by atoms with van der Waals surface area (Å²) in [4.78, 5) is 3.91. The molecule has 0 spiro atoms. The number of hydrogen-bond donors (Lipinski definition) is 3. The number of aliphatic hydroxyl groups excluding tert-OH is 1. The number of halogens is 4. The molecule has 0 radical (unpaired) electrons. The van der Waals surface area contributed by atoms with E-state index >= 15 is 0 Å². The number of nitrogens with one attached hydrogen (secondary N) is 2. The molecule has 0 amide bonds. The molecule has 5 nitrogen and oxygen atoms in total. The van der Waals surface area contributed by atoms with Gasteiger partial charge in [0.1, 0.15) is 12.4 Å². The minimum Gasteiger partial charge on any atom is -0.391 e. The second kappa shape index (κ2) is 7.26. The summed E-state index contributed by atoms with van der Waals surface area (Å²) in [5, 5.41) is 15.7. The van der Waals surface area contributed by atoms with E-state index in [-0.39, 0.29) is 24.9 Å². The van der Waals surface area contributed by atoms with Gasteiger partial charge in [-0.3, -0.25) is 0 Å². The number of aliphatic hydroxyl groups is 1. The van der Waals surface area contributed by atoms with Crippen LogP contribution in [0.25, 0.3) is 0 Å². The number of nitrogens with zero attached hydrogens (tertiary/aromatic N) is 2. The summed E-state index contributed by atoms with van der Waals surface area (Å²) in [5.74, 6) is 0.434. The number of hydrogen-bond acceptors (Lipinski definition) is 4. The molecule has 2 unspecified atom stereocenters. The standard InChI is InChI=1S/C11H17F3N4O.ClH/c12-11(13,14)7-18-2-1-17-10(18)6-16-4-8-3-15-5-9(8)19;/h1-2,8-9,15-16,19H,3-7H2;1H. The van der Waals surface area contributed by atoms with E-state index in [2.05, 4.69) is 15.6 Å². The minimum atomic E-state index is -4.25. The van der Waals surface area contributed by atoms with Gasteiger partial charge >= 0.3 is 6.18 Å². The van der Waals surface area contributed by atoms with Crippen LogP contribution in [-0.2, 0) is 13.1 Å². The summed E-state index contributed by atoms with van der Waals surface area (Å²) in [6.07, 6.45) is -1.98. The normalized spacial score (nSPS) is 22.8. The number of β-amino-alcohol motifs (C(OH)–C–C–N with tert-alkyl or cyclic N) is 1. The van der Waals surface area contributed by atoms with Gasteiger partial charge in [0.05, 0.1) is 12.6 Å². The van der Waals surface area contributed by atoms with Crippen LogP contribution in [-0.4, -0.2) is 46.6 Å². The van der Waals surface area contributed by atoms with Crippen molar-refractivity contribution in [1.29, 1.82) is 0 Å². The highest BCUT2D eigenvalue weighted by atomic mass is 35.5. The molecule has 116 valence electrons. The van der Waals surface area contributed by atoms with Crippen molar-refractivity contribution in [1.82, 2.24) is 20.2 Å². The van der Waals surface area contributed by atoms with E-state index in [9.17, 15) is 18.3 Å². The molecule has 2 rings (SSSR count). The van der Waals surface area contributed by atoms with Crippen LogP contribution < -0.4 is 10.6 Å². The lowest BCUT2D eigenvalue weighted by Crippen LogP contribution is -2.31. The number of imidazole rings is 1. The van der Waals surface area contributed by atoms with Crippen molar-refractivity contribution in [2.75, 3.05) is 19.6 Å². The predicted octanol–water partition coefficient (Wildman–Crippen LogP) is 0.537. The van der Waals surface area contributed by atoms with Crippen molar-refractivity contribution in [3.8, 4) is 0 Å². The third-order valence-corrected chi connectivity index (χ3v) is 3.15. The average molecular weight is 315 g/mol. The Morgan fingerprint density at radius 1 is 1.45 bits per heavy atom. The molecule has 0 bridgehead atoms. The van der Waals surface area contributed by atoms with E-state index in [1.807, 2.05) is 0 Å². The average Bonchev–Trinajstić information content (AvgIpc) is 2.88. The molecule has 9 heteroatoms. The molecule has 0 aromatic carbocycles. The van der Waals surface area contributed by atoms with Crippen LogP contribution in [0.15, 0.2) is 12.4 Å². The smallest absolute Gasteiger partial charge is 0.391 e. The summed E-state index contributed by atoms with van der Waals surface area (Å²) in [5.41, 5.74) is 0. The first-order chi connectivity index (χ1) is 8.96. The van der Waals surface area contributed by atoms with Crippen LogP contribution in [0.1, 0.15) is 5.82 Å². The molecule has 20 heavy (non-hydrogen) atoms. The molecule has 2 atom stereocenters. The Morgan fingerprint density at radius 2 is 2.20 bits per heavy atom. The molecular formula is C11H18ClF3N4O. The fraction of sp³-hybridized carbons (Fsp3) is 0.727. The van der Waals surface area contributed by atoms with Crippen molar-refractivity contribution >= 4 is 12.4 Å². The maximum atomic E-state index is 12.3. The molecule has 1 aromatic rings. The van der Waals surface area contributed by atoms with E-state index in [0.717, 1.165) is 4.57 Å². The van der Waals surface area contributed by atoms with Crippen molar-refractivity contribution in [2.45, 2.75) is 25.4 Å². The molecule has 1 fully saturated rings. The third kappa shape index (κ3) is 4.93. The molecule has 0 aliphatic carbocycles. The van der Waals surface area contributed by atoms with Gasteiger partial charge in [-0.05, 0) is 0 Å². The Hall–Kier alpha value is -0.830. The van der Waals surface area contributed by atoms with Gasteiger partial charge in [-0.2, -0.15) is 13.2 Å². The second-order valence-electron chi connectivity index (χ2n) is 4.70. The van der Waals surface area contributed by atoms with Gasteiger partial charge in [-0.1, -0.05) is 0 Å². The Morgan fingerprint density at radius 3 is 2.80 bits per heavy atom. The molecule has 1 aromatic heterocycles. The summed E-state index contributed by atoms with van der Waals surface area (Å²) in [6, 6.07) is 0. The van der Waals surface area contributed by atoms with E-state index in [4.69, 9.17) is 0 Å². The first-order valence-electron chi connectivity index (χ1n) is 6.12. The van der Waals surface area contributed by atoms with Crippen LogP contribution in [0.2, 0.25) is 0 Å². The molecule has 3 N–H and O–H groups in total. The Bertz CT molecular complexity index is 413. The van der Waals surface area contributed by atoms with Crippen LogP contribution in [0.5, 0.6) is 0 Å². The van der Waals surface area contributed by atoms with Crippen molar-refractivity contribution in [3.05, 3.63) is 18.2 Å². The zero-order valence-electron chi connectivity index (χ0n) is 10.7. The van der Waals surface area contributed by atoms with Crippen molar-refractivity contribution < 1.29 is 18.3 Å². The molecule has 2 heterocycles. The van der Waals surface area contributed by atoms with Crippen LogP contribution in [0, 0.1) is 5.92 Å². The Kier molecular flexibility index (Phi) is 6.25.